The van der Waals surface area contributed by atoms with Gasteiger partial charge in [-0.15, -0.1) is 0 Å². The number of aromatic nitrogens is 4. The minimum Gasteiger partial charge on any atom is -0.385 e. The number of rotatable bonds is 3. The van der Waals surface area contributed by atoms with Crippen LogP contribution in [-0.2, 0) is 12.6 Å². The van der Waals surface area contributed by atoms with Gasteiger partial charge in [0.25, 0.3) is 0 Å². The van der Waals surface area contributed by atoms with Gasteiger partial charge in [0.1, 0.15) is 11.6 Å². The molecule has 0 saturated carbocycles. The molecule has 152 valence electrons. The van der Waals surface area contributed by atoms with Crippen molar-refractivity contribution >= 4 is 5.82 Å². The van der Waals surface area contributed by atoms with Gasteiger partial charge in [0.2, 0.25) is 0 Å². The molecule has 4 rings (SSSR count). The third kappa shape index (κ3) is 3.72. The Labute approximate surface area is 167 Å². The van der Waals surface area contributed by atoms with E-state index in [0.29, 0.717) is 37.3 Å². The number of hydrogen-bond acceptors (Lipinski definition) is 5. The Balaban J connectivity index is 1.57. The maximum absolute atomic E-state index is 13.6. The highest BCUT2D eigenvalue weighted by Crippen LogP contribution is 2.35. The molecule has 0 aliphatic carbocycles. The van der Waals surface area contributed by atoms with Gasteiger partial charge in [0.15, 0.2) is 11.6 Å². The molecular formula is C21H23F2N5O. The van der Waals surface area contributed by atoms with E-state index in [0.717, 1.165) is 34.9 Å². The van der Waals surface area contributed by atoms with Crippen LogP contribution in [0.2, 0.25) is 0 Å². The van der Waals surface area contributed by atoms with Gasteiger partial charge in [0, 0.05) is 38.0 Å². The van der Waals surface area contributed by atoms with Gasteiger partial charge in [0.05, 0.1) is 17.0 Å². The minimum atomic E-state index is -1.18. The monoisotopic (exact) mass is 399 g/mol. The van der Waals surface area contributed by atoms with Gasteiger partial charge in [-0.05, 0) is 44.4 Å². The Morgan fingerprint density at radius 3 is 2.38 bits per heavy atom. The molecule has 3 aromatic rings. The van der Waals surface area contributed by atoms with Crippen molar-refractivity contribution in [2.24, 2.45) is 7.05 Å². The molecule has 0 radical (unpaired) electrons. The van der Waals surface area contributed by atoms with Crippen LogP contribution in [0.3, 0.4) is 0 Å². The lowest BCUT2D eigenvalue weighted by Crippen LogP contribution is -2.43. The molecule has 1 N–H and O–H groups in total. The van der Waals surface area contributed by atoms with Crippen LogP contribution < -0.4 is 4.90 Å². The lowest BCUT2D eigenvalue weighted by molar-refractivity contribution is 0.0113. The molecule has 0 bridgehead atoms. The number of piperidine rings is 1. The summed E-state index contributed by atoms with van der Waals surface area (Å²) in [5.41, 5.74) is 1.87. The number of aliphatic hydroxyl groups is 1. The fourth-order valence-electron chi connectivity index (χ4n) is 3.88. The second kappa shape index (κ2) is 7.18. The highest BCUT2D eigenvalue weighted by Gasteiger charge is 2.35. The van der Waals surface area contributed by atoms with E-state index < -0.39 is 17.2 Å². The summed E-state index contributed by atoms with van der Waals surface area (Å²) < 4.78 is 28.6. The van der Waals surface area contributed by atoms with Crippen LogP contribution in [-0.4, -0.2) is 37.9 Å². The second-order valence-corrected chi connectivity index (χ2v) is 7.61. The van der Waals surface area contributed by atoms with E-state index in [-0.39, 0.29) is 0 Å². The van der Waals surface area contributed by atoms with E-state index >= 15 is 0 Å². The van der Waals surface area contributed by atoms with Crippen LogP contribution in [0.4, 0.5) is 14.6 Å². The molecule has 1 aliphatic rings. The first-order chi connectivity index (χ1) is 13.7. The Morgan fingerprint density at radius 1 is 1.03 bits per heavy atom. The molecule has 0 unspecified atom stereocenters. The van der Waals surface area contributed by atoms with E-state index in [9.17, 15) is 13.9 Å². The first kappa shape index (κ1) is 19.4. The highest BCUT2D eigenvalue weighted by atomic mass is 19.2. The largest absolute Gasteiger partial charge is 0.385 e. The molecule has 2 aromatic heterocycles. The quantitative estimate of drug-likeness (QED) is 0.732. The molecule has 6 nitrogen and oxygen atoms in total. The normalized spacial score (nSPS) is 16.3. The van der Waals surface area contributed by atoms with Gasteiger partial charge in [-0.2, -0.15) is 5.10 Å². The Morgan fingerprint density at radius 2 is 1.76 bits per heavy atom. The molecule has 0 amide bonds. The SMILES string of the molecule is Cc1nc(-c2cn(C)nc2C)cc(N2CCC(O)(c3ccc(F)c(F)c3)CC2)n1. The predicted octanol–water partition coefficient (Wildman–Crippen LogP) is 3.26. The third-order valence-corrected chi connectivity index (χ3v) is 5.49. The summed E-state index contributed by atoms with van der Waals surface area (Å²) in [7, 11) is 1.87. The molecule has 3 heterocycles. The number of aryl methyl sites for hydroxylation is 3. The Bertz CT molecular complexity index is 1060. The van der Waals surface area contributed by atoms with Crippen molar-refractivity contribution in [2.45, 2.75) is 32.3 Å². The standard InChI is InChI=1S/C21H23F2N5O/c1-13-16(12-27(3)26-13)19-11-20(25-14(2)24-19)28-8-6-21(29,7-9-28)15-4-5-17(22)18(23)10-15/h4-5,10-12,29H,6-9H2,1-3H3. The zero-order valence-electron chi connectivity index (χ0n) is 16.7. The lowest BCUT2D eigenvalue weighted by atomic mass is 9.84. The maximum atomic E-state index is 13.6. The van der Waals surface area contributed by atoms with Crippen molar-refractivity contribution in [2.75, 3.05) is 18.0 Å². The van der Waals surface area contributed by atoms with Crippen LogP contribution in [0.5, 0.6) is 0 Å². The number of benzene rings is 1. The van der Waals surface area contributed by atoms with Crippen LogP contribution in [0.15, 0.2) is 30.5 Å². The molecule has 29 heavy (non-hydrogen) atoms. The van der Waals surface area contributed by atoms with E-state index in [2.05, 4.69) is 20.0 Å². The van der Waals surface area contributed by atoms with Crippen LogP contribution in [0.1, 0.15) is 29.9 Å². The topological polar surface area (TPSA) is 67.1 Å². The average Bonchev–Trinajstić information content (AvgIpc) is 3.02. The molecule has 8 heteroatoms. The molecule has 1 aliphatic heterocycles. The van der Waals surface area contributed by atoms with Gasteiger partial charge < -0.3 is 10.0 Å². The van der Waals surface area contributed by atoms with Crippen molar-refractivity contribution in [1.82, 2.24) is 19.7 Å². The maximum Gasteiger partial charge on any atom is 0.159 e. The summed E-state index contributed by atoms with van der Waals surface area (Å²) in [6.45, 7) is 4.87. The van der Waals surface area contributed by atoms with Crippen molar-refractivity contribution in [3.05, 3.63) is 59.2 Å². The third-order valence-electron chi connectivity index (χ3n) is 5.49. The molecule has 0 spiro atoms. The van der Waals surface area contributed by atoms with Crippen LogP contribution in [0, 0.1) is 25.5 Å². The van der Waals surface area contributed by atoms with Crippen molar-refractivity contribution in [3.63, 3.8) is 0 Å². The zero-order valence-corrected chi connectivity index (χ0v) is 16.7. The molecule has 0 atom stereocenters. The second-order valence-electron chi connectivity index (χ2n) is 7.61. The molecular weight excluding hydrogens is 376 g/mol. The highest BCUT2D eigenvalue weighted by molar-refractivity contribution is 5.64. The summed E-state index contributed by atoms with van der Waals surface area (Å²) in [4.78, 5) is 11.2. The number of nitrogens with zero attached hydrogens (tertiary/aromatic N) is 5. The molecule has 1 saturated heterocycles. The zero-order chi connectivity index (χ0) is 20.8. The lowest BCUT2D eigenvalue weighted by Gasteiger charge is -2.39. The van der Waals surface area contributed by atoms with Crippen molar-refractivity contribution < 1.29 is 13.9 Å². The predicted molar refractivity (Wildman–Crippen MR) is 105 cm³/mol. The summed E-state index contributed by atoms with van der Waals surface area (Å²) in [6, 6.07) is 5.53. The summed E-state index contributed by atoms with van der Waals surface area (Å²) in [5, 5.41) is 15.4. The van der Waals surface area contributed by atoms with E-state index in [1.807, 2.05) is 33.2 Å². The summed E-state index contributed by atoms with van der Waals surface area (Å²) >= 11 is 0. The number of anilines is 1. The smallest absolute Gasteiger partial charge is 0.159 e. The van der Waals surface area contributed by atoms with Gasteiger partial charge in [-0.25, -0.2) is 18.7 Å². The van der Waals surface area contributed by atoms with E-state index in [4.69, 9.17) is 0 Å². The van der Waals surface area contributed by atoms with E-state index in [1.165, 1.54) is 6.07 Å². The summed E-state index contributed by atoms with van der Waals surface area (Å²) in [5.74, 6) is -0.420. The molecule has 1 fully saturated rings. The summed E-state index contributed by atoms with van der Waals surface area (Å²) in [6.07, 6.45) is 2.71. The van der Waals surface area contributed by atoms with Crippen LogP contribution >= 0.6 is 0 Å². The van der Waals surface area contributed by atoms with Gasteiger partial charge in [-0.3, -0.25) is 4.68 Å². The van der Waals surface area contributed by atoms with Crippen molar-refractivity contribution in [3.8, 4) is 11.3 Å². The van der Waals surface area contributed by atoms with Gasteiger partial charge in [-0.1, -0.05) is 6.07 Å². The first-order valence-corrected chi connectivity index (χ1v) is 9.54. The Hall–Kier alpha value is -2.87. The van der Waals surface area contributed by atoms with Crippen molar-refractivity contribution in [1.29, 1.82) is 0 Å². The van der Waals surface area contributed by atoms with Gasteiger partial charge >= 0.3 is 0 Å². The Kier molecular flexibility index (Phi) is 4.82. The average molecular weight is 399 g/mol. The van der Waals surface area contributed by atoms with E-state index in [1.54, 1.807) is 4.68 Å². The number of halogens is 2. The number of hydrogen-bond donors (Lipinski definition) is 1. The van der Waals surface area contributed by atoms with Crippen LogP contribution in [0.25, 0.3) is 11.3 Å². The first-order valence-electron chi connectivity index (χ1n) is 9.54. The minimum absolute atomic E-state index is 0.391. The fraction of sp³-hybridized carbons (Fsp3) is 0.381. The fourth-order valence-corrected chi connectivity index (χ4v) is 3.88. The molecule has 1 aromatic carbocycles.